The molecule has 0 aliphatic rings. The molecule has 0 aliphatic heterocycles. The Labute approximate surface area is 187 Å². The maximum atomic E-state index is 13.4. The average molecular weight is 455 g/mol. The minimum Gasteiger partial charge on any atom is -0.302 e. The maximum absolute atomic E-state index is 13.4. The molecule has 2 heterocycles. The van der Waals surface area contributed by atoms with Crippen molar-refractivity contribution in [2.75, 3.05) is 5.75 Å². The van der Waals surface area contributed by atoms with Crippen LogP contribution in [0.5, 0.6) is 0 Å². The van der Waals surface area contributed by atoms with E-state index in [-0.39, 0.29) is 4.90 Å². The van der Waals surface area contributed by atoms with Gasteiger partial charge in [-0.3, -0.25) is 0 Å². The van der Waals surface area contributed by atoms with E-state index in [1.165, 1.54) is 3.97 Å². The quantitative estimate of drug-likeness (QED) is 0.338. The Bertz CT molecular complexity index is 1290. The zero-order valence-corrected chi connectivity index (χ0v) is 19.5. The summed E-state index contributed by atoms with van der Waals surface area (Å²) in [5, 5.41) is 10.6. The first-order chi connectivity index (χ1) is 14.9. The highest BCUT2D eigenvalue weighted by atomic mass is 32.2. The molecule has 0 saturated carbocycles. The van der Waals surface area contributed by atoms with Crippen LogP contribution in [-0.2, 0) is 16.6 Å². The van der Waals surface area contributed by atoms with Crippen molar-refractivity contribution < 1.29 is 8.42 Å². The largest absolute Gasteiger partial charge is 0.302 e. The highest BCUT2D eigenvalue weighted by Gasteiger charge is 2.24. The second-order valence-corrected chi connectivity index (χ2v) is 10.6. The first-order valence-electron chi connectivity index (χ1n) is 10.4. The second kappa shape index (κ2) is 8.88. The molecule has 162 valence electrons. The van der Waals surface area contributed by atoms with E-state index in [2.05, 4.69) is 35.5 Å². The van der Waals surface area contributed by atoms with E-state index in [1.54, 1.807) is 48.3 Å². The Morgan fingerprint density at radius 2 is 1.71 bits per heavy atom. The summed E-state index contributed by atoms with van der Waals surface area (Å²) in [4.78, 5) is 0.254. The fourth-order valence-corrected chi connectivity index (χ4v) is 6.13. The van der Waals surface area contributed by atoms with Crippen molar-refractivity contribution in [1.29, 1.82) is 0 Å². The van der Waals surface area contributed by atoms with Crippen molar-refractivity contribution in [2.24, 2.45) is 5.92 Å². The fourth-order valence-electron chi connectivity index (χ4n) is 3.50. The number of hydrogen-bond acceptors (Lipinski definition) is 5. The molecule has 0 bridgehead atoms. The van der Waals surface area contributed by atoms with Gasteiger partial charge in [0.25, 0.3) is 10.0 Å². The van der Waals surface area contributed by atoms with Crippen molar-refractivity contribution in [3.05, 3.63) is 60.8 Å². The van der Waals surface area contributed by atoms with E-state index in [9.17, 15) is 8.42 Å². The van der Waals surface area contributed by atoms with E-state index < -0.39 is 10.0 Å². The minimum absolute atomic E-state index is 0.254. The number of thioether (sulfide) groups is 1. The molecule has 6 nitrogen and oxygen atoms in total. The summed E-state index contributed by atoms with van der Waals surface area (Å²) in [7, 11) is -3.74. The lowest BCUT2D eigenvalue weighted by atomic mass is 10.1. The van der Waals surface area contributed by atoms with Crippen LogP contribution in [-0.4, -0.2) is 32.9 Å². The number of nitrogens with zero attached hydrogens (tertiary/aromatic N) is 4. The van der Waals surface area contributed by atoms with E-state index in [0.717, 1.165) is 28.3 Å². The SMILES string of the molecule is CCn1c(SCCC(C)C)nnc1-c1cn(S(=O)(=O)c2ccccc2)c2ccccc12. The molecule has 4 rings (SSSR count). The Hall–Kier alpha value is -2.58. The minimum atomic E-state index is -3.74. The summed E-state index contributed by atoms with van der Waals surface area (Å²) in [6.07, 6.45) is 2.77. The third-order valence-electron chi connectivity index (χ3n) is 5.18. The highest BCUT2D eigenvalue weighted by Crippen LogP contribution is 2.34. The lowest BCUT2D eigenvalue weighted by Gasteiger charge is -2.08. The predicted molar refractivity (Wildman–Crippen MR) is 126 cm³/mol. The Morgan fingerprint density at radius 3 is 2.42 bits per heavy atom. The average Bonchev–Trinajstić information content (AvgIpc) is 3.35. The molecule has 0 amide bonds. The summed E-state index contributed by atoms with van der Waals surface area (Å²) in [6, 6.07) is 16.0. The van der Waals surface area contributed by atoms with Crippen LogP contribution in [0, 0.1) is 5.92 Å². The van der Waals surface area contributed by atoms with Crippen LogP contribution in [0.1, 0.15) is 27.2 Å². The first kappa shape index (κ1) is 21.6. The molecule has 0 N–H and O–H groups in total. The molecule has 0 radical (unpaired) electrons. The molecule has 0 unspecified atom stereocenters. The summed E-state index contributed by atoms with van der Waals surface area (Å²) in [5.74, 6) is 2.29. The third-order valence-corrected chi connectivity index (χ3v) is 7.87. The number of benzene rings is 2. The molecule has 8 heteroatoms. The topological polar surface area (TPSA) is 69.8 Å². The molecule has 0 atom stereocenters. The third kappa shape index (κ3) is 4.14. The van der Waals surface area contributed by atoms with Crippen LogP contribution in [0.3, 0.4) is 0 Å². The van der Waals surface area contributed by atoms with E-state index in [1.807, 2.05) is 24.3 Å². The van der Waals surface area contributed by atoms with Crippen molar-refractivity contribution in [1.82, 2.24) is 18.7 Å². The molecule has 0 spiro atoms. The summed E-state index contributed by atoms with van der Waals surface area (Å²) in [5.41, 5.74) is 1.39. The normalized spacial score (nSPS) is 12.1. The Morgan fingerprint density at radius 1 is 1.00 bits per heavy atom. The van der Waals surface area contributed by atoms with Gasteiger partial charge in [-0.15, -0.1) is 10.2 Å². The van der Waals surface area contributed by atoms with Crippen LogP contribution >= 0.6 is 11.8 Å². The molecule has 2 aromatic carbocycles. The second-order valence-electron chi connectivity index (χ2n) is 7.76. The lowest BCUT2D eigenvalue weighted by Crippen LogP contribution is -2.11. The van der Waals surface area contributed by atoms with Gasteiger partial charge in [-0.1, -0.05) is 62.0 Å². The van der Waals surface area contributed by atoms with E-state index >= 15 is 0 Å². The zero-order chi connectivity index (χ0) is 22.0. The van der Waals surface area contributed by atoms with Gasteiger partial charge in [0.15, 0.2) is 11.0 Å². The number of para-hydroxylation sites is 1. The molecule has 0 aliphatic carbocycles. The van der Waals surface area contributed by atoms with Gasteiger partial charge < -0.3 is 4.57 Å². The number of rotatable bonds is 8. The summed E-state index contributed by atoms with van der Waals surface area (Å²) < 4.78 is 30.2. The van der Waals surface area contributed by atoms with Gasteiger partial charge in [0.05, 0.1) is 10.4 Å². The monoisotopic (exact) mass is 454 g/mol. The fraction of sp³-hybridized carbons (Fsp3) is 0.304. The number of aromatic nitrogens is 4. The van der Waals surface area contributed by atoms with E-state index in [4.69, 9.17) is 0 Å². The van der Waals surface area contributed by atoms with Gasteiger partial charge in [0.2, 0.25) is 0 Å². The first-order valence-corrected chi connectivity index (χ1v) is 12.8. The Balaban J connectivity index is 1.83. The number of fused-ring (bicyclic) bond motifs is 1. The van der Waals surface area contributed by atoms with Gasteiger partial charge in [-0.2, -0.15) is 0 Å². The summed E-state index contributed by atoms with van der Waals surface area (Å²) >= 11 is 1.69. The van der Waals surface area contributed by atoms with Crippen LogP contribution in [0.25, 0.3) is 22.3 Å². The predicted octanol–water partition coefficient (Wildman–Crippen LogP) is 5.29. The lowest BCUT2D eigenvalue weighted by molar-refractivity contribution is 0.589. The molecular weight excluding hydrogens is 428 g/mol. The Kier molecular flexibility index (Phi) is 6.20. The van der Waals surface area contributed by atoms with Gasteiger partial charge in [0, 0.05) is 29.4 Å². The molecular formula is C23H26N4O2S2. The van der Waals surface area contributed by atoms with E-state index in [0.29, 0.717) is 23.8 Å². The van der Waals surface area contributed by atoms with Crippen LogP contribution in [0.2, 0.25) is 0 Å². The van der Waals surface area contributed by atoms with Gasteiger partial charge in [-0.25, -0.2) is 12.4 Å². The van der Waals surface area contributed by atoms with Gasteiger partial charge in [-0.05, 0) is 37.5 Å². The van der Waals surface area contributed by atoms with Crippen molar-refractivity contribution in [3.63, 3.8) is 0 Å². The van der Waals surface area contributed by atoms with Gasteiger partial charge >= 0.3 is 0 Å². The molecule has 4 aromatic rings. The highest BCUT2D eigenvalue weighted by molar-refractivity contribution is 7.99. The van der Waals surface area contributed by atoms with Gasteiger partial charge in [0.1, 0.15) is 0 Å². The molecule has 31 heavy (non-hydrogen) atoms. The van der Waals surface area contributed by atoms with Crippen molar-refractivity contribution in [3.8, 4) is 11.4 Å². The standard InChI is InChI=1S/C23H26N4O2S2/c1-4-26-22(24-25-23(26)30-15-14-17(2)3)20-16-27(21-13-9-8-12-19(20)21)31(28,29)18-10-6-5-7-11-18/h5-13,16-17H,4,14-15H2,1-3H3. The van der Waals surface area contributed by atoms with Crippen LogP contribution < -0.4 is 0 Å². The molecule has 2 aromatic heterocycles. The zero-order valence-electron chi connectivity index (χ0n) is 17.9. The molecule has 0 saturated heterocycles. The van der Waals surface area contributed by atoms with Crippen molar-refractivity contribution in [2.45, 2.75) is 43.8 Å². The van der Waals surface area contributed by atoms with Crippen molar-refractivity contribution >= 4 is 32.7 Å². The maximum Gasteiger partial charge on any atom is 0.268 e. The number of hydrogen-bond donors (Lipinski definition) is 0. The smallest absolute Gasteiger partial charge is 0.268 e. The van der Waals surface area contributed by atoms with Crippen LogP contribution in [0.15, 0.2) is 70.8 Å². The van der Waals surface area contributed by atoms with Crippen LogP contribution in [0.4, 0.5) is 0 Å². The molecule has 0 fully saturated rings. The summed E-state index contributed by atoms with van der Waals surface area (Å²) in [6.45, 7) is 7.17.